The minimum absolute atomic E-state index is 0.0917. The summed E-state index contributed by atoms with van der Waals surface area (Å²) < 4.78 is 0. The lowest BCUT2D eigenvalue weighted by Crippen LogP contribution is -2.21. The lowest BCUT2D eigenvalue weighted by atomic mass is 9.79. The van der Waals surface area contributed by atoms with Crippen molar-refractivity contribution in [3.63, 3.8) is 0 Å². The molecule has 0 fully saturated rings. The molecule has 0 saturated carbocycles. The summed E-state index contributed by atoms with van der Waals surface area (Å²) >= 11 is 1.76. The first-order valence-electron chi connectivity index (χ1n) is 10.6. The third-order valence-corrected chi connectivity index (χ3v) is 6.68. The van der Waals surface area contributed by atoms with Crippen LogP contribution in [0.25, 0.3) is 5.57 Å². The van der Waals surface area contributed by atoms with Crippen LogP contribution in [0.2, 0.25) is 0 Å². The topological polar surface area (TPSA) is 50.2 Å². The van der Waals surface area contributed by atoms with Gasteiger partial charge >= 0.3 is 0 Å². The maximum Gasteiger partial charge on any atom is 0.167 e. The van der Waals surface area contributed by atoms with E-state index >= 15 is 0 Å². The van der Waals surface area contributed by atoms with E-state index in [1.165, 1.54) is 5.56 Å². The number of rotatable bonds is 7. The Morgan fingerprint density at radius 1 is 1.10 bits per heavy atom. The predicted octanol–water partition coefficient (Wildman–Crippen LogP) is 6.25. The summed E-state index contributed by atoms with van der Waals surface area (Å²) in [5.41, 5.74) is 6.12. The van der Waals surface area contributed by atoms with Crippen molar-refractivity contribution in [2.75, 3.05) is 5.75 Å². The van der Waals surface area contributed by atoms with Crippen LogP contribution in [-0.2, 0) is 17.6 Å². The first-order chi connectivity index (χ1) is 13.9. The Balaban J connectivity index is 1.75. The van der Waals surface area contributed by atoms with Gasteiger partial charge in [0, 0.05) is 29.6 Å². The molecule has 3 rings (SSSR count). The number of ketones is 1. The molecular weight excluding hydrogens is 378 g/mol. The highest BCUT2D eigenvalue weighted by atomic mass is 32.2. The van der Waals surface area contributed by atoms with Crippen LogP contribution in [0.4, 0.5) is 0 Å². The second-order valence-electron chi connectivity index (χ2n) is 7.96. The number of allylic oxidation sites excluding steroid dienone is 2. The third-order valence-electron chi connectivity index (χ3n) is 5.66. The molecule has 2 aromatic rings. The lowest BCUT2D eigenvalue weighted by Gasteiger charge is -2.26. The van der Waals surface area contributed by atoms with Crippen LogP contribution < -0.4 is 0 Å². The van der Waals surface area contributed by atoms with Crippen molar-refractivity contribution in [1.29, 1.82) is 0 Å². The fourth-order valence-corrected chi connectivity index (χ4v) is 5.14. The number of pyridine rings is 1. The zero-order chi connectivity index (χ0) is 21.0. The van der Waals surface area contributed by atoms with Crippen LogP contribution >= 0.6 is 11.8 Å². The number of aryl methyl sites for hydroxylation is 4. The highest BCUT2D eigenvalue weighted by Crippen LogP contribution is 2.38. The Morgan fingerprint density at radius 2 is 1.79 bits per heavy atom. The zero-order valence-electron chi connectivity index (χ0n) is 17.9. The van der Waals surface area contributed by atoms with Gasteiger partial charge in [0.05, 0.1) is 5.57 Å². The molecule has 0 spiro atoms. The summed E-state index contributed by atoms with van der Waals surface area (Å²) in [5, 5.41) is 10.9. The number of aliphatic hydroxyl groups is 1. The molecule has 0 bridgehead atoms. The normalized spacial score (nSPS) is 17.1. The van der Waals surface area contributed by atoms with Crippen molar-refractivity contribution in [2.24, 2.45) is 5.92 Å². The number of aliphatic hydroxyl groups excluding tert-OH is 1. The maximum absolute atomic E-state index is 13.1. The number of benzene rings is 1. The lowest BCUT2D eigenvalue weighted by molar-refractivity contribution is -0.115. The first-order valence-corrected chi connectivity index (χ1v) is 11.5. The average molecular weight is 410 g/mol. The van der Waals surface area contributed by atoms with Gasteiger partial charge in [0.2, 0.25) is 0 Å². The molecule has 29 heavy (non-hydrogen) atoms. The molecule has 0 amide bonds. The highest BCUT2D eigenvalue weighted by molar-refractivity contribution is 7.99. The van der Waals surface area contributed by atoms with Gasteiger partial charge in [0.25, 0.3) is 0 Å². The average Bonchev–Trinajstić information content (AvgIpc) is 2.69. The van der Waals surface area contributed by atoms with Gasteiger partial charge in [-0.05, 0) is 73.6 Å². The number of hydrogen-bond donors (Lipinski definition) is 1. The fourth-order valence-electron chi connectivity index (χ4n) is 4.16. The van der Waals surface area contributed by atoms with E-state index in [1.54, 1.807) is 11.8 Å². The SMILES string of the molecule is CCc1cc(C)cc(CC)c1C1=C(O)CC(CCSc2ccc(C)nc2)CC1=O. The molecule has 0 saturated heterocycles. The molecule has 1 aromatic carbocycles. The van der Waals surface area contributed by atoms with E-state index in [9.17, 15) is 9.90 Å². The second-order valence-corrected chi connectivity index (χ2v) is 9.13. The van der Waals surface area contributed by atoms with E-state index in [2.05, 4.69) is 44.0 Å². The van der Waals surface area contributed by atoms with Crippen molar-refractivity contribution in [1.82, 2.24) is 4.98 Å². The van der Waals surface area contributed by atoms with Crippen LogP contribution in [0.1, 0.15) is 61.1 Å². The Bertz CT molecular complexity index is 890. The minimum atomic E-state index is 0.0917. The van der Waals surface area contributed by atoms with Gasteiger partial charge in [0.15, 0.2) is 5.78 Å². The Labute approximate surface area is 178 Å². The first kappa shape index (κ1) is 21.6. The fraction of sp³-hybridized carbons (Fsp3) is 0.440. The Hall–Kier alpha value is -2.07. The summed E-state index contributed by atoms with van der Waals surface area (Å²) in [6.07, 6.45) is 5.64. The molecule has 0 aliphatic heterocycles. The molecule has 3 nitrogen and oxygen atoms in total. The summed E-state index contributed by atoms with van der Waals surface area (Å²) in [5.74, 6) is 1.50. The van der Waals surface area contributed by atoms with Crippen molar-refractivity contribution in [2.45, 2.75) is 64.7 Å². The molecule has 1 aliphatic carbocycles. The molecule has 1 N–H and O–H groups in total. The number of thioether (sulfide) groups is 1. The van der Waals surface area contributed by atoms with Crippen molar-refractivity contribution >= 4 is 23.1 Å². The Morgan fingerprint density at radius 3 is 2.34 bits per heavy atom. The number of aromatic nitrogens is 1. The standard InChI is InChI=1S/C25H31NO2S/c1-5-19-11-16(3)12-20(6-2)24(19)25-22(27)13-18(14-23(25)28)9-10-29-21-8-7-17(4)26-15-21/h7-8,11-12,15,18,27H,5-6,9-10,13-14H2,1-4H3. The van der Waals surface area contributed by atoms with E-state index in [0.29, 0.717) is 18.4 Å². The van der Waals surface area contributed by atoms with Gasteiger partial charge in [0.1, 0.15) is 5.76 Å². The van der Waals surface area contributed by atoms with Crippen molar-refractivity contribution in [3.8, 4) is 0 Å². The second kappa shape index (κ2) is 9.62. The number of carbonyl (C=O) groups is 1. The van der Waals surface area contributed by atoms with Gasteiger partial charge < -0.3 is 5.11 Å². The zero-order valence-corrected chi connectivity index (χ0v) is 18.7. The third kappa shape index (κ3) is 5.11. The molecule has 1 heterocycles. The van der Waals surface area contributed by atoms with Gasteiger partial charge in [-0.3, -0.25) is 9.78 Å². The number of nitrogens with zero attached hydrogens (tertiary/aromatic N) is 1. The monoisotopic (exact) mass is 409 g/mol. The molecule has 0 radical (unpaired) electrons. The van der Waals surface area contributed by atoms with E-state index in [-0.39, 0.29) is 17.5 Å². The maximum atomic E-state index is 13.1. The number of hydrogen-bond acceptors (Lipinski definition) is 4. The van der Waals surface area contributed by atoms with Crippen molar-refractivity contribution in [3.05, 3.63) is 64.2 Å². The Kier molecular flexibility index (Phi) is 7.18. The molecule has 1 unspecified atom stereocenters. The molecule has 1 aromatic heterocycles. The van der Waals surface area contributed by atoms with Gasteiger partial charge in [-0.1, -0.05) is 31.5 Å². The molecular formula is C25H31NO2S. The van der Waals surface area contributed by atoms with E-state index in [1.807, 2.05) is 19.2 Å². The number of carbonyl (C=O) groups excluding carboxylic acids is 1. The summed E-state index contributed by atoms with van der Waals surface area (Å²) in [4.78, 5) is 18.6. The van der Waals surface area contributed by atoms with Crippen molar-refractivity contribution < 1.29 is 9.90 Å². The predicted molar refractivity (Wildman–Crippen MR) is 122 cm³/mol. The molecule has 4 heteroatoms. The summed E-state index contributed by atoms with van der Waals surface area (Å²) in [7, 11) is 0. The molecule has 1 atom stereocenters. The highest BCUT2D eigenvalue weighted by Gasteiger charge is 2.30. The van der Waals surface area contributed by atoms with Crippen LogP contribution in [-0.4, -0.2) is 21.6 Å². The van der Waals surface area contributed by atoms with E-state index < -0.39 is 0 Å². The largest absolute Gasteiger partial charge is 0.512 e. The summed E-state index contributed by atoms with van der Waals surface area (Å²) in [6.45, 7) is 8.30. The van der Waals surface area contributed by atoms with Gasteiger partial charge in [-0.25, -0.2) is 0 Å². The van der Waals surface area contributed by atoms with Crippen LogP contribution in [0.5, 0.6) is 0 Å². The van der Waals surface area contributed by atoms with Crippen LogP contribution in [0.3, 0.4) is 0 Å². The minimum Gasteiger partial charge on any atom is -0.512 e. The van der Waals surface area contributed by atoms with Crippen LogP contribution in [0.15, 0.2) is 41.1 Å². The van der Waals surface area contributed by atoms with Gasteiger partial charge in [-0.2, -0.15) is 0 Å². The van der Waals surface area contributed by atoms with E-state index in [4.69, 9.17) is 0 Å². The number of Topliss-reactive ketones (excluding diaryl/α,β-unsaturated/α-hetero) is 1. The van der Waals surface area contributed by atoms with Gasteiger partial charge in [-0.15, -0.1) is 11.8 Å². The summed E-state index contributed by atoms with van der Waals surface area (Å²) in [6, 6.07) is 8.41. The quantitative estimate of drug-likeness (QED) is 0.549. The molecule has 154 valence electrons. The molecule has 1 aliphatic rings. The van der Waals surface area contributed by atoms with Crippen LogP contribution in [0, 0.1) is 19.8 Å². The smallest absolute Gasteiger partial charge is 0.167 e. The van der Waals surface area contributed by atoms with E-state index in [0.717, 1.165) is 52.3 Å².